The molecule has 0 saturated carbocycles. The predicted molar refractivity (Wildman–Crippen MR) is 158 cm³/mol. The molecule has 4 atom stereocenters. The highest BCUT2D eigenvalue weighted by molar-refractivity contribution is 7.17. The van der Waals surface area contributed by atoms with Crippen LogP contribution >= 0.6 is 11.3 Å². The van der Waals surface area contributed by atoms with Gasteiger partial charge < -0.3 is 20.7 Å². The second-order valence-corrected chi connectivity index (χ2v) is 12.8. The number of nitrogens with one attached hydrogen (secondary N) is 1. The van der Waals surface area contributed by atoms with Gasteiger partial charge in [-0.05, 0) is 49.4 Å². The number of nitrogen functional groups attached to an aromatic ring is 1. The Morgan fingerprint density at radius 1 is 1.19 bits per heavy atom. The molecule has 13 heteroatoms. The molecular formula is C30H29F4N7OS. The summed E-state index contributed by atoms with van der Waals surface area (Å²) in [5.74, 6) is -0.530. The lowest BCUT2D eigenvalue weighted by Gasteiger charge is -2.43. The molecule has 7 rings (SSSR count). The van der Waals surface area contributed by atoms with E-state index in [0.717, 1.165) is 36.8 Å². The molecule has 2 aromatic carbocycles. The smallest absolute Gasteiger partial charge is 0.417 e. The van der Waals surface area contributed by atoms with E-state index in [1.165, 1.54) is 11.4 Å². The Kier molecular flexibility index (Phi) is 6.64. The first-order chi connectivity index (χ1) is 20.5. The van der Waals surface area contributed by atoms with Gasteiger partial charge in [-0.25, -0.2) is 4.39 Å². The number of aromatic nitrogens is 2. The van der Waals surface area contributed by atoms with E-state index in [0.29, 0.717) is 23.7 Å². The summed E-state index contributed by atoms with van der Waals surface area (Å²) >= 11 is 1.12. The molecular weight excluding hydrogens is 582 g/mol. The molecule has 2 bridgehead atoms. The number of fused-ring (bicyclic) bond motifs is 4. The van der Waals surface area contributed by atoms with E-state index < -0.39 is 23.1 Å². The second kappa shape index (κ2) is 10.2. The van der Waals surface area contributed by atoms with E-state index in [1.54, 1.807) is 6.07 Å². The van der Waals surface area contributed by atoms with Gasteiger partial charge in [0.25, 0.3) is 0 Å². The number of thiophene rings is 1. The van der Waals surface area contributed by atoms with E-state index in [4.69, 9.17) is 10.5 Å². The Bertz CT molecular complexity index is 1780. The molecule has 8 nitrogen and oxygen atoms in total. The number of alkyl halides is 3. The number of ether oxygens (including phenoxy) is 1. The summed E-state index contributed by atoms with van der Waals surface area (Å²) in [6.45, 7) is 4.34. The first-order valence-electron chi connectivity index (χ1n) is 14.2. The van der Waals surface area contributed by atoms with E-state index in [1.807, 2.05) is 18.0 Å². The van der Waals surface area contributed by atoms with E-state index in [2.05, 4.69) is 27.1 Å². The minimum Gasteiger partial charge on any atom is -0.462 e. The van der Waals surface area contributed by atoms with Gasteiger partial charge in [-0.2, -0.15) is 28.4 Å². The Morgan fingerprint density at radius 2 is 1.93 bits per heavy atom. The topological polar surface area (TPSA) is 103 Å². The van der Waals surface area contributed by atoms with Gasteiger partial charge >= 0.3 is 12.2 Å². The molecule has 3 fully saturated rings. The number of likely N-dealkylation sites (tertiary alicyclic amines) is 1. The minimum absolute atomic E-state index is 0.00352. The zero-order valence-electron chi connectivity index (χ0n) is 23.5. The molecule has 3 aliphatic rings. The molecule has 5 heterocycles. The van der Waals surface area contributed by atoms with Crippen LogP contribution < -0.4 is 20.7 Å². The SMILES string of the molecule is C[C@@H]1CN(C)[C@@H]1COc1nc(N2CC3CCC(C2)N3)c2cc(C(F)(F)F)c(-c3csc4ccc(N)c(C#N)c34)c(F)c2n1. The van der Waals surface area contributed by atoms with Crippen LogP contribution in [-0.2, 0) is 6.18 Å². The molecule has 0 radical (unpaired) electrons. The summed E-state index contributed by atoms with van der Waals surface area (Å²) in [6, 6.07) is 6.44. The fourth-order valence-corrected chi connectivity index (χ4v) is 7.82. The van der Waals surface area contributed by atoms with E-state index in [9.17, 15) is 18.4 Å². The number of hydrogen-bond acceptors (Lipinski definition) is 9. The van der Waals surface area contributed by atoms with Gasteiger partial charge in [0, 0.05) is 64.4 Å². The summed E-state index contributed by atoms with van der Waals surface area (Å²) in [7, 11) is 1.98. The Balaban J connectivity index is 1.46. The summed E-state index contributed by atoms with van der Waals surface area (Å²) in [5.41, 5.74) is 3.98. The number of anilines is 2. The average molecular weight is 612 g/mol. The third kappa shape index (κ3) is 4.63. The van der Waals surface area contributed by atoms with Gasteiger partial charge in [0.2, 0.25) is 0 Å². The van der Waals surface area contributed by atoms with Crippen molar-refractivity contribution in [2.75, 3.05) is 43.9 Å². The lowest BCUT2D eigenvalue weighted by Crippen LogP contribution is -2.55. The molecule has 2 unspecified atom stereocenters. The molecule has 224 valence electrons. The van der Waals surface area contributed by atoms with Gasteiger partial charge in [-0.3, -0.25) is 4.90 Å². The van der Waals surface area contributed by atoms with Gasteiger partial charge in [0.15, 0.2) is 5.82 Å². The fourth-order valence-electron chi connectivity index (χ4n) is 6.86. The molecule has 0 aliphatic carbocycles. The van der Waals surface area contributed by atoms with Crippen molar-refractivity contribution in [1.29, 1.82) is 5.26 Å². The van der Waals surface area contributed by atoms with Crippen molar-refractivity contribution < 1.29 is 22.3 Å². The van der Waals surface area contributed by atoms with Crippen LogP contribution in [0.5, 0.6) is 6.01 Å². The largest absolute Gasteiger partial charge is 0.462 e. The number of nitrogens with two attached hydrogens (primary N) is 1. The van der Waals surface area contributed by atoms with Crippen molar-refractivity contribution in [3.8, 4) is 23.2 Å². The number of likely N-dealkylation sites (N-methyl/N-ethyl adjacent to an activating group) is 1. The molecule has 2 aromatic heterocycles. The summed E-state index contributed by atoms with van der Waals surface area (Å²) in [6.07, 6.45) is -3.02. The first-order valence-corrected chi connectivity index (χ1v) is 15.1. The number of hydrogen-bond donors (Lipinski definition) is 2. The highest BCUT2D eigenvalue weighted by Crippen LogP contribution is 2.47. The quantitative estimate of drug-likeness (QED) is 0.229. The maximum atomic E-state index is 16.8. The van der Waals surface area contributed by atoms with Crippen LogP contribution in [0.3, 0.4) is 0 Å². The lowest BCUT2D eigenvalue weighted by molar-refractivity contribution is -0.137. The van der Waals surface area contributed by atoms with Crippen LogP contribution in [-0.4, -0.2) is 66.3 Å². The van der Waals surface area contributed by atoms with Crippen molar-refractivity contribution in [1.82, 2.24) is 20.2 Å². The second-order valence-electron chi connectivity index (χ2n) is 11.8. The highest BCUT2D eigenvalue weighted by atomic mass is 32.1. The van der Waals surface area contributed by atoms with Crippen molar-refractivity contribution in [2.24, 2.45) is 5.92 Å². The molecule has 0 amide bonds. The van der Waals surface area contributed by atoms with Gasteiger partial charge in [0.05, 0.1) is 16.8 Å². The van der Waals surface area contributed by atoms with Crippen LogP contribution in [0.15, 0.2) is 23.6 Å². The zero-order valence-corrected chi connectivity index (χ0v) is 24.3. The Labute approximate surface area is 249 Å². The predicted octanol–water partition coefficient (Wildman–Crippen LogP) is 5.39. The number of nitriles is 1. The van der Waals surface area contributed by atoms with E-state index >= 15 is 4.39 Å². The van der Waals surface area contributed by atoms with Crippen LogP contribution in [0.25, 0.3) is 32.1 Å². The number of benzene rings is 2. The first kappa shape index (κ1) is 28.1. The molecule has 4 aromatic rings. The normalized spacial score (nSPS) is 24.0. The van der Waals surface area contributed by atoms with Crippen LogP contribution in [0.1, 0.15) is 30.9 Å². The fraction of sp³-hybridized carbons (Fsp3) is 0.433. The maximum absolute atomic E-state index is 16.8. The van der Waals surface area contributed by atoms with Crippen LogP contribution in [0, 0.1) is 23.1 Å². The zero-order chi connectivity index (χ0) is 30.2. The van der Waals surface area contributed by atoms with Crippen molar-refractivity contribution in [3.63, 3.8) is 0 Å². The van der Waals surface area contributed by atoms with Crippen molar-refractivity contribution >= 4 is 43.8 Å². The van der Waals surface area contributed by atoms with Crippen LogP contribution in [0.4, 0.5) is 29.1 Å². The lowest BCUT2D eigenvalue weighted by atomic mass is 9.92. The molecule has 3 aliphatic heterocycles. The highest BCUT2D eigenvalue weighted by Gasteiger charge is 2.40. The number of halogens is 4. The van der Waals surface area contributed by atoms with Crippen LogP contribution in [0.2, 0.25) is 0 Å². The molecule has 3 saturated heterocycles. The monoisotopic (exact) mass is 611 g/mol. The average Bonchev–Trinajstić information content (AvgIpc) is 3.54. The Morgan fingerprint density at radius 3 is 2.58 bits per heavy atom. The number of nitrogens with zero attached hydrogens (tertiary/aromatic N) is 5. The summed E-state index contributed by atoms with van der Waals surface area (Å²) in [5, 5.41) is 14.9. The molecule has 0 spiro atoms. The van der Waals surface area contributed by atoms with Gasteiger partial charge in [-0.15, -0.1) is 11.3 Å². The molecule has 43 heavy (non-hydrogen) atoms. The standard InChI is InChI=1S/C30H29F4N7OS/c1-14-9-40(2)22(14)12-42-29-38-27-17(28(39-29)41-10-15-3-4-16(11-41)37-15)7-20(30(32,33)34)25(26(27)31)19-13-43-23-6-5-21(36)18(8-35)24(19)23/h5-7,13-16,22,37H,3-4,9-12,36H2,1-2H3/t14-,15?,16?,22-/m1/s1. The van der Waals surface area contributed by atoms with Gasteiger partial charge in [-0.1, -0.05) is 6.92 Å². The minimum atomic E-state index is -4.91. The summed E-state index contributed by atoms with van der Waals surface area (Å²) in [4.78, 5) is 13.0. The van der Waals surface area contributed by atoms with Gasteiger partial charge in [0.1, 0.15) is 24.0 Å². The van der Waals surface area contributed by atoms with E-state index in [-0.39, 0.29) is 69.7 Å². The number of piperazine rings is 1. The summed E-state index contributed by atoms with van der Waals surface area (Å²) < 4.78 is 67.7. The van der Waals surface area contributed by atoms with Crippen molar-refractivity contribution in [3.05, 3.63) is 40.5 Å². The Hall–Kier alpha value is -3.73. The van der Waals surface area contributed by atoms with Crippen molar-refractivity contribution in [2.45, 2.75) is 44.1 Å². The third-order valence-electron chi connectivity index (χ3n) is 9.05. The molecule has 3 N–H and O–H groups in total. The maximum Gasteiger partial charge on any atom is 0.417 e. The number of rotatable bonds is 5. The third-order valence-corrected chi connectivity index (χ3v) is 10.00.